The number of aryl methyl sites for hydroxylation is 1. The molecular formula is C26H31NO. The van der Waals surface area contributed by atoms with Crippen molar-refractivity contribution < 1.29 is 4.74 Å². The summed E-state index contributed by atoms with van der Waals surface area (Å²) in [5.74, 6) is 1.17. The van der Waals surface area contributed by atoms with Gasteiger partial charge in [0, 0.05) is 17.8 Å². The van der Waals surface area contributed by atoms with Crippen LogP contribution in [0.3, 0.4) is 0 Å². The molecule has 3 aromatic rings. The van der Waals surface area contributed by atoms with Crippen molar-refractivity contribution in [2.45, 2.75) is 51.9 Å². The number of hydrogen-bond donors (Lipinski definition) is 0. The predicted octanol–water partition coefficient (Wildman–Crippen LogP) is 7.03. The third-order valence-electron chi connectivity index (χ3n) is 5.44. The van der Waals surface area contributed by atoms with Crippen molar-refractivity contribution in [1.29, 1.82) is 0 Å². The van der Waals surface area contributed by atoms with Crippen LogP contribution in [0, 0.1) is 0 Å². The molecule has 0 radical (unpaired) electrons. The highest BCUT2D eigenvalue weighted by molar-refractivity contribution is 5.64. The van der Waals surface area contributed by atoms with Gasteiger partial charge in [0.15, 0.2) is 0 Å². The highest BCUT2D eigenvalue weighted by Gasteiger charge is 2.10. The normalized spacial score (nSPS) is 12.0. The number of aromatic nitrogens is 1. The summed E-state index contributed by atoms with van der Waals surface area (Å²) in [6, 6.07) is 21.4. The molecule has 1 heterocycles. The maximum absolute atomic E-state index is 5.24. The van der Waals surface area contributed by atoms with Gasteiger partial charge in [-0.3, -0.25) is 4.98 Å². The molecule has 2 aromatic carbocycles. The molecule has 0 aliphatic rings. The molecule has 0 fully saturated rings. The molecular weight excluding hydrogens is 342 g/mol. The number of methoxy groups -OCH3 is 1. The summed E-state index contributed by atoms with van der Waals surface area (Å²) in [7, 11) is 1.69. The lowest BCUT2D eigenvalue weighted by Gasteiger charge is -2.13. The maximum Gasteiger partial charge on any atom is 0.118 e. The lowest BCUT2D eigenvalue weighted by atomic mass is 9.94. The largest absolute Gasteiger partial charge is 0.497 e. The summed E-state index contributed by atoms with van der Waals surface area (Å²) in [5.41, 5.74) is 6.19. The van der Waals surface area contributed by atoms with Crippen molar-refractivity contribution in [1.82, 2.24) is 4.98 Å². The Labute approximate surface area is 169 Å². The minimum atomic E-state index is 0.291. The zero-order valence-electron chi connectivity index (χ0n) is 17.3. The molecule has 1 atom stereocenters. The van der Waals surface area contributed by atoms with Gasteiger partial charge in [0.1, 0.15) is 5.75 Å². The van der Waals surface area contributed by atoms with Gasteiger partial charge < -0.3 is 4.74 Å². The van der Waals surface area contributed by atoms with Gasteiger partial charge in [-0.25, -0.2) is 0 Å². The quantitative estimate of drug-likeness (QED) is 0.376. The molecule has 1 unspecified atom stereocenters. The van der Waals surface area contributed by atoms with Gasteiger partial charge in [-0.15, -0.1) is 0 Å². The minimum absolute atomic E-state index is 0.291. The second-order valence-corrected chi connectivity index (χ2v) is 7.47. The van der Waals surface area contributed by atoms with Crippen LogP contribution in [0.15, 0.2) is 66.9 Å². The Balaban J connectivity index is 1.64. The van der Waals surface area contributed by atoms with Crippen LogP contribution < -0.4 is 4.74 Å². The van der Waals surface area contributed by atoms with Gasteiger partial charge in [0.25, 0.3) is 0 Å². The Morgan fingerprint density at radius 3 is 2.07 bits per heavy atom. The van der Waals surface area contributed by atoms with Crippen molar-refractivity contribution in [3.63, 3.8) is 0 Å². The second-order valence-electron chi connectivity index (χ2n) is 7.47. The Kier molecular flexibility index (Phi) is 7.25. The third kappa shape index (κ3) is 5.22. The van der Waals surface area contributed by atoms with Gasteiger partial charge >= 0.3 is 0 Å². The number of pyridine rings is 1. The molecule has 2 heteroatoms. The Bertz CT molecular complexity index is 835. The van der Waals surface area contributed by atoms with Crippen LogP contribution in [-0.4, -0.2) is 12.1 Å². The fraction of sp³-hybridized carbons (Fsp3) is 0.346. The first-order valence-electron chi connectivity index (χ1n) is 10.4. The maximum atomic E-state index is 5.24. The zero-order valence-corrected chi connectivity index (χ0v) is 17.3. The van der Waals surface area contributed by atoms with E-state index in [0.717, 1.165) is 17.9 Å². The van der Waals surface area contributed by atoms with Crippen molar-refractivity contribution in [3.8, 4) is 16.9 Å². The summed E-state index contributed by atoms with van der Waals surface area (Å²) in [6.45, 7) is 4.48. The average molecular weight is 374 g/mol. The van der Waals surface area contributed by atoms with E-state index in [-0.39, 0.29) is 0 Å². The summed E-state index contributed by atoms with van der Waals surface area (Å²) < 4.78 is 5.24. The Hall–Kier alpha value is -2.61. The minimum Gasteiger partial charge on any atom is -0.497 e. The number of rotatable bonds is 9. The number of ether oxygens (including phenoxy) is 1. The van der Waals surface area contributed by atoms with Crippen molar-refractivity contribution in [2.75, 3.05) is 7.11 Å². The van der Waals surface area contributed by atoms with E-state index in [1.807, 2.05) is 12.1 Å². The van der Waals surface area contributed by atoms with Crippen LogP contribution in [0.2, 0.25) is 0 Å². The van der Waals surface area contributed by atoms with Gasteiger partial charge in [-0.05, 0) is 53.3 Å². The summed E-state index contributed by atoms with van der Waals surface area (Å²) >= 11 is 0. The molecule has 0 bridgehead atoms. The summed E-state index contributed by atoms with van der Waals surface area (Å²) in [5, 5.41) is 0. The smallest absolute Gasteiger partial charge is 0.118 e. The SMILES string of the molecule is CCCCCCc1ccc(C(C)c2ccc(-c3ccc(OC)cc3)cc2)nc1. The molecule has 0 aliphatic carbocycles. The molecule has 146 valence electrons. The number of hydrogen-bond acceptors (Lipinski definition) is 2. The molecule has 28 heavy (non-hydrogen) atoms. The topological polar surface area (TPSA) is 22.1 Å². The lowest BCUT2D eigenvalue weighted by molar-refractivity contribution is 0.415. The molecule has 0 aliphatic heterocycles. The average Bonchev–Trinajstić information content (AvgIpc) is 2.77. The first-order valence-corrected chi connectivity index (χ1v) is 10.4. The van der Waals surface area contributed by atoms with E-state index in [0.29, 0.717) is 5.92 Å². The van der Waals surface area contributed by atoms with E-state index < -0.39 is 0 Å². The van der Waals surface area contributed by atoms with Crippen molar-refractivity contribution >= 4 is 0 Å². The number of nitrogens with zero attached hydrogens (tertiary/aromatic N) is 1. The van der Waals surface area contributed by atoms with E-state index in [2.05, 4.69) is 68.6 Å². The number of unbranched alkanes of at least 4 members (excludes halogenated alkanes) is 3. The molecule has 0 amide bonds. The van der Waals surface area contributed by atoms with E-state index in [9.17, 15) is 0 Å². The summed E-state index contributed by atoms with van der Waals surface area (Å²) in [4.78, 5) is 4.74. The highest BCUT2D eigenvalue weighted by Crippen LogP contribution is 2.27. The van der Waals surface area contributed by atoms with Crippen LogP contribution in [0.5, 0.6) is 5.75 Å². The Morgan fingerprint density at radius 1 is 0.821 bits per heavy atom. The molecule has 0 saturated heterocycles. The van der Waals surface area contributed by atoms with Crippen LogP contribution in [0.25, 0.3) is 11.1 Å². The standard InChI is InChI=1S/C26H31NO/c1-4-5-6-7-8-21-9-18-26(27-19-21)20(2)22-10-12-23(13-11-22)24-14-16-25(28-3)17-15-24/h9-20H,4-8H2,1-3H3. The summed E-state index contributed by atoms with van der Waals surface area (Å²) in [6.07, 6.45) is 8.38. The number of benzene rings is 2. The fourth-order valence-electron chi connectivity index (χ4n) is 3.51. The third-order valence-corrected chi connectivity index (χ3v) is 5.44. The molecule has 0 spiro atoms. The second kappa shape index (κ2) is 10.1. The van der Waals surface area contributed by atoms with Gasteiger partial charge in [-0.1, -0.05) is 75.6 Å². The van der Waals surface area contributed by atoms with Crippen LogP contribution in [0.1, 0.15) is 62.3 Å². The highest BCUT2D eigenvalue weighted by atomic mass is 16.5. The molecule has 0 N–H and O–H groups in total. The van der Waals surface area contributed by atoms with Crippen molar-refractivity contribution in [3.05, 3.63) is 83.7 Å². The zero-order chi connectivity index (χ0) is 19.8. The predicted molar refractivity (Wildman–Crippen MR) is 118 cm³/mol. The van der Waals surface area contributed by atoms with E-state index in [1.54, 1.807) is 7.11 Å². The monoisotopic (exact) mass is 373 g/mol. The van der Waals surface area contributed by atoms with E-state index >= 15 is 0 Å². The lowest BCUT2D eigenvalue weighted by Crippen LogP contribution is -2.00. The van der Waals surface area contributed by atoms with Gasteiger partial charge in [-0.2, -0.15) is 0 Å². The van der Waals surface area contributed by atoms with Gasteiger partial charge in [0.05, 0.1) is 7.11 Å². The van der Waals surface area contributed by atoms with Gasteiger partial charge in [0.2, 0.25) is 0 Å². The van der Waals surface area contributed by atoms with E-state index in [1.165, 1.54) is 47.9 Å². The van der Waals surface area contributed by atoms with E-state index in [4.69, 9.17) is 9.72 Å². The first kappa shape index (κ1) is 20.1. The molecule has 1 aromatic heterocycles. The van der Waals surface area contributed by atoms with Crippen molar-refractivity contribution in [2.24, 2.45) is 0 Å². The van der Waals surface area contributed by atoms with Crippen LogP contribution in [0.4, 0.5) is 0 Å². The molecule has 3 rings (SSSR count). The molecule has 0 saturated carbocycles. The van der Waals surface area contributed by atoms with Crippen LogP contribution >= 0.6 is 0 Å². The first-order chi connectivity index (χ1) is 13.7. The molecule has 2 nitrogen and oxygen atoms in total. The fourth-order valence-corrected chi connectivity index (χ4v) is 3.51. The Morgan fingerprint density at radius 2 is 1.50 bits per heavy atom. The van der Waals surface area contributed by atoms with Crippen LogP contribution in [-0.2, 0) is 6.42 Å².